The molecule has 0 bridgehead atoms. The van der Waals surface area contributed by atoms with E-state index < -0.39 is 6.04 Å². The lowest BCUT2D eigenvalue weighted by Crippen LogP contribution is -2.44. The first-order chi connectivity index (χ1) is 13.3. The minimum Gasteiger partial charge on any atom is -0.493 e. The van der Waals surface area contributed by atoms with E-state index in [4.69, 9.17) is 21.1 Å². The molecule has 2 rings (SSSR count). The molecule has 0 fully saturated rings. The van der Waals surface area contributed by atoms with Crippen molar-refractivity contribution < 1.29 is 19.1 Å². The molecule has 0 radical (unpaired) electrons. The predicted molar refractivity (Wildman–Crippen MR) is 109 cm³/mol. The second kappa shape index (κ2) is 9.99. The first-order valence-electron chi connectivity index (χ1n) is 9.00. The van der Waals surface area contributed by atoms with Crippen LogP contribution in [0.5, 0.6) is 11.5 Å². The largest absolute Gasteiger partial charge is 0.493 e. The minimum atomic E-state index is -0.687. The van der Waals surface area contributed by atoms with Crippen molar-refractivity contribution in [3.8, 4) is 11.5 Å². The molecule has 0 saturated heterocycles. The molecule has 2 aromatic rings. The molecule has 0 aliphatic carbocycles. The monoisotopic (exact) mass is 404 g/mol. The van der Waals surface area contributed by atoms with Crippen LogP contribution >= 0.6 is 11.6 Å². The summed E-state index contributed by atoms with van der Waals surface area (Å²) >= 11 is 6.24. The van der Waals surface area contributed by atoms with E-state index in [1.165, 1.54) is 7.11 Å². The Morgan fingerprint density at radius 3 is 2.61 bits per heavy atom. The van der Waals surface area contributed by atoms with E-state index in [0.717, 1.165) is 11.1 Å². The molecule has 0 saturated carbocycles. The van der Waals surface area contributed by atoms with Crippen molar-refractivity contribution in [2.45, 2.75) is 33.4 Å². The predicted octanol–water partition coefficient (Wildman–Crippen LogP) is 3.49. The third-order valence-corrected chi connectivity index (χ3v) is 4.35. The molecule has 1 unspecified atom stereocenters. The van der Waals surface area contributed by atoms with Gasteiger partial charge in [-0.25, -0.2) is 0 Å². The summed E-state index contributed by atoms with van der Waals surface area (Å²) in [6.07, 6.45) is 0. The van der Waals surface area contributed by atoms with E-state index in [9.17, 15) is 9.59 Å². The number of halogens is 1. The van der Waals surface area contributed by atoms with Gasteiger partial charge in [0.15, 0.2) is 11.5 Å². The molecule has 2 aromatic carbocycles. The maximum Gasteiger partial charge on any atom is 0.251 e. The summed E-state index contributed by atoms with van der Waals surface area (Å²) < 4.78 is 10.8. The Hall–Kier alpha value is -2.73. The van der Waals surface area contributed by atoms with Crippen LogP contribution in [-0.4, -0.2) is 31.6 Å². The number of hydrogen-bond donors (Lipinski definition) is 2. The molecule has 2 N–H and O–H groups in total. The van der Waals surface area contributed by atoms with Crippen molar-refractivity contribution in [3.05, 3.63) is 58.1 Å². The van der Waals surface area contributed by atoms with Crippen molar-refractivity contribution in [2.75, 3.05) is 13.7 Å². The van der Waals surface area contributed by atoms with Crippen LogP contribution in [0.2, 0.25) is 5.02 Å². The topological polar surface area (TPSA) is 76.7 Å². The highest BCUT2D eigenvalue weighted by Gasteiger charge is 2.17. The summed E-state index contributed by atoms with van der Waals surface area (Å²) in [7, 11) is 1.53. The number of amides is 2. The van der Waals surface area contributed by atoms with Gasteiger partial charge in [0.2, 0.25) is 5.91 Å². The molecule has 2 amide bonds. The van der Waals surface area contributed by atoms with E-state index in [0.29, 0.717) is 28.7 Å². The SMILES string of the molecule is CCOc1c(Cl)cc(CNC(=O)C(C)NC(=O)c2cccc(C)c2)cc1OC. The van der Waals surface area contributed by atoms with Gasteiger partial charge in [0, 0.05) is 12.1 Å². The molecule has 0 aliphatic rings. The first kappa shape index (κ1) is 21.6. The molecular weight excluding hydrogens is 380 g/mol. The average molecular weight is 405 g/mol. The van der Waals surface area contributed by atoms with Gasteiger partial charge >= 0.3 is 0 Å². The lowest BCUT2D eigenvalue weighted by Gasteiger charge is -2.16. The standard InChI is InChI=1S/C21H25ClN2O4/c1-5-28-19-17(22)10-15(11-18(19)27-4)12-23-20(25)14(3)24-21(26)16-8-6-7-13(2)9-16/h6-11,14H,5,12H2,1-4H3,(H,23,25)(H,24,26). The number of carbonyl (C=O) groups excluding carboxylic acids is 2. The minimum absolute atomic E-state index is 0.242. The molecule has 0 spiro atoms. The Morgan fingerprint density at radius 2 is 1.96 bits per heavy atom. The molecule has 0 aromatic heterocycles. The summed E-state index contributed by atoms with van der Waals surface area (Å²) in [5.74, 6) is 0.377. The van der Waals surface area contributed by atoms with E-state index in [1.807, 2.05) is 19.9 Å². The Morgan fingerprint density at radius 1 is 1.21 bits per heavy atom. The van der Waals surface area contributed by atoms with Gasteiger partial charge in [-0.2, -0.15) is 0 Å². The quantitative estimate of drug-likeness (QED) is 0.706. The lowest BCUT2D eigenvalue weighted by molar-refractivity contribution is -0.122. The third kappa shape index (κ3) is 5.63. The van der Waals surface area contributed by atoms with Crippen molar-refractivity contribution in [2.24, 2.45) is 0 Å². The fourth-order valence-electron chi connectivity index (χ4n) is 2.63. The summed E-state index contributed by atoms with van der Waals surface area (Å²) in [6.45, 7) is 6.10. The highest BCUT2D eigenvalue weighted by Crippen LogP contribution is 2.36. The van der Waals surface area contributed by atoms with Gasteiger partial charge in [-0.3, -0.25) is 9.59 Å². The molecule has 1 atom stereocenters. The molecule has 6 nitrogen and oxygen atoms in total. The number of nitrogens with one attached hydrogen (secondary N) is 2. The van der Waals surface area contributed by atoms with Crippen molar-refractivity contribution in [1.29, 1.82) is 0 Å². The maximum atomic E-state index is 12.3. The summed E-state index contributed by atoms with van der Waals surface area (Å²) in [6, 6.07) is 9.97. The van der Waals surface area contributed by atoms with Crippen molar-refractivity contribution >= 4 is 23.4 Å². The molecule has 7 heteroatoms. The van der Waals surface area contributed by atoms with Gasteiger partial charge in [0.25, 0.3) is 5.91 Å². The highest BCUT2D eigenvalue weighted by molar-refractivity contribution is 6.32. The van der Waals surface area contributed by atoms with Crippen LogP contribution < -0.4 is 20.1 Å². The van der Waals surface area contributed by atoms with Crippen molar-refractivity contribution in [1.82, 2.24) is 10.6 Å². The van der Waals surface area contributed by atoms with Crippen LogP contribution in [0.15, 0.2) is 36.4 Å². The summed E-state index contributed by atoms with van der Waals surface area (Å²) in [4.78, 5) is 24.6. The van der Waals surface area contributed by atoms with Gasteiger partial charge < -0.3 is 20.1 Å². The zero-order valence-electron chi connectivity index (χ0n) is 16.5. The van der Waals surface area contributed by atoms with E-state index in [1.54, 1.807) is 37.3 Å². The number of rotatable bonds is 8. The Bertz CT molecular complexity index is 854. The average Bonchev–Trinajstić information content (AvgIpc) is 2.67. The smallest absolute Gasteiger partial charge is 0.251 e. The van der Waals surface area contributed by atoms with Gasteiger partial charge in [0.1, 0.15) is 6.04 Å². The Labute approximate surface area is 170 Å². The van der Waals surface area contributed by atoms with Gasteiger partial charge in [-0.15, -0.1) is 0 Å². The Kier molecular flexibility index (Phi) is 7.70. The zero-order valence-corrected chi connectivity index (χ0v) is 17.2. The van der Waals surface area contributed by atoms with E-state index in [2.05, 4.69) is 10.6 Å². The molecular formula is C21H25ClN2O4. The normalized spacial score (nSPS) is 11.5. The second-order valence-electron chi connectivity index (χ2n) is 6.32. The number of carbonyl (C=O) groups is 2. The Balaban J connectivity index is 1.97. The molecule has 0 aliphatic heterocycles. The fraction of sp³-hybridized carbons (Fsp3) is 0.333. The summed E-state index contributed by atoms with van der Waals surface area (Å²) in [5, 5.41) is 5.89. The molecule has 150 valence electrons. The van der Waals surface area contributed by atoms with E-state index in [-0.39, 0.29) is 18.4 Å². The lowest BCUT2D eigenvalue weighted by atomic mass is 10.1. The van der Waals surface area contributed by atoms with Gasteiger partial charge in [0.05, 0.1) is 18.7 Å². The van der Waals surface area contributed by atoms with Crippen LogP contribution in [0.4, 0.5) is 0 Å². The van der Waals surface area contributed by atoms with Gasteiger partial charge in [-0.1, -0.05) is 29.3 Å². The van der Waals surface area contributed by atoms with Crippen LogP contribution in [0, 0.1) is 6.92 Å². The van der Waals surface area contributed by atoms with Crippen molar-refractivity contribution in [3.63, 3.8) is 0 Å². The van der Waals surface area contributed by atoms with Crippen LogP contribution in [0.1, 0.15) is 35.3 Å². The van der Waals surface area contributed by atoms with Crippen LogP contribution in [0.25, 0.3) is 0 Å². The number of ether oxygens (including phenoxy) is 2. The number of benzene rings is 2. The number of aryl methyl sites for hydroxylation is 1. The summed E-state index contributed by atoms with van der Waals surface area (Å²) in [5.41, 5.74) is 2.25. The first-order valence-corrected chi connectivity index (χ1v) is 9.38. The van der Waals surface area contributed by atoms with Crippen LogP contribution in [0.3, 0.4) is 0 Å². The van der Waals surface area contributed by atoms with Gasteiger partial charge in [-0.05, 0) is 50.6 Å². The zero-order chi connectivity index (χ0) is 20.7. The molecule has 28 heavy (non-hydrogen) atoms. The fourth-order valence-corrected chi connectivity index (χ4v) is 2.92. The molecule has 0 heterocycles. The van der Waals surface area contributed by atoms with E-state index >= 15 is 0 Å². The second-order valence-corrected chi connectivity index (χ2v) is 6.73. The van der Waals surface area contributed by atoms with Crippen LogP contribution in [-0.2, 0) is 11.3 Å². The highest BCUT2D eigenvalue weighted by atomic mass is 35.5. The number of methoxy groups -OCH3 is 1. The maximum absolute atomic E-state index is 12.3. The number of hydrogen-bond acceptors (Lipinski definition) is 4. The third-order valence-electron chi connectivity index (χ3n) is 4.07.